The molecule has 2 N–H and O–H groups in total. The lowest BCUT2D eigenvalue weighted by atomic mass is 9.98. The lowest BCUT2D eigenvalue weighted by Crippen LogP contribution is -2.53. The Morgan fingerprint density at radius 2 is 1.96 bits per heavy atom. The number of halogens is 1. The molecule has 3 heterocycles. The number of aromatic nitrogens is 1. The molecule has 0 bridgehead atoms. The molecule has 7 nitrogen and oxygen atoms in total. The van der Waals surface area contributed by atoms with Crippen molar-refractivity contribution in [2.75, 3.05) is 13.2 Å². The minimum Gasteiger partial charge on any atom is -0.365 e. The van der Waals surface area contributed by atoms with Crippen molar-refractivity contribution in [2.24, 2.45) is 5.73 Å². The maximum atomic E-state index is 13.3. The van der Waals surface area contributed by atoms with Crippen LogP contribution in [0, 0.1) is 5.82 Å². The second kappa shape index (κ2) is 6.06. The van der Waals surface area contributed by atoms with E-state index in [4.69, 9.17) is 10.5 Å². The Kier molecular flexibility index (Phi) is 3.84. The van der Waals surface area contributed by atoms with Crippen LogP contribution in [0.1, 0.15) is 27.3 Å². The van der Waals surface area contributed by atoms with Gasteiger partial charge >= 0.3 is 0 Å². The van der Waals surface area contributed by atoms with E-state index in [1.54, 1.807) is 4.90 Å². The van der Waals surface area contributed by atoms with E-state index >= 15 is 0 Å². The second-order valence-electron chi connectivity index (χ2n) is 6.30. The number of rotatable bonds is 2. The molecule has 26 heavy (non-hydrogen) atoms. The van der Waals surface area contributed by atoms with Gasteiger partial charge in [0.25, 0.3) is 11.8 Å². The maximum absolute atomic E-state index is 13.3. The second-order valence-corrected chi connectivity index (χ2v) is 6.30. The van der Waals surface area contributed by atoms with Crippen LogP contribution in [0.4, 0.5) is 4.39 Å². The molecule has 1 aromatic carbocycles. The van der Waals surface area contributed by atoms with Gasteiger partial charge in [-0.2, -0.15) is 0 Å². The summed E-state index contributed by atoms with van der Waals surface area (Å²) < 4.78 is 20.5. The van der Waals surface area contributed by atoms with Crippen LogP contribution in [0.3, 0.4) is 0 Å². The summed E-state index contributed by atoms with van der Waals surface area (Å²) in [6.07, 6.45) is 1.56. The molecular weight excluding hydrogens is 341 g/mol. The van der Waals surface area contributed by atoms with Crippen LogP contribution < -0.4 is 11.2 Å². The number of benzene rings is 1. The van der Waals surface area contributed by atoms with Crippen LogP contribution in [0.2, 0.25) is 0 Å². The molecule has 1 fully saturated rings. The van der Waals surface area contributed by atoms with Gasteiger partial charge in [0.2, 0.25) is 5.43 Å². The lowest BCUT2D eigenvalue weighted by molar-refractivity contribution is -0.0916. The smallest absolute Gasteiger partial charge is 0.273 e. The number of hydrogen-bond acceptors (Lipinski definition) is 4. The molecule has 2 aromatic rings. The Hall–Kier alpha value is -3.00. The fourth-order valence-electron chi connectivity index (χ4n) is 3.47. The van der Waals surface area contributed by atoms with Crippen molar-refractivity contribution in [3.63, 3.8) is 0 Å². The third-order valence-electron chi connectivity index (χ3n) is 4.70. The van der Waals surface area contributed by atoms with Crippen molar-refractivity contribution in [3.05, 3.63) is 57.8 Å². The van der Waals surface area contributed by atoms with Crippen molar-refractivity contribution < 1.29 is 18.7 Å². The van der Waals surface area contributed by atoms with Crippen molar-refractivity contribution in [1.29, 1.82) is 0 Å². The number of primary amides is 1. The predicted octanol–water partition coefficient (Wildman–Crippen LogP) is 0.955. The van der Waals surface area contributed by atoms with E-state index in [0.29, 0.717) is 25.1 Å². The molecule has 0 spiro atoms. The standard InChI is InChI=1S/C18H16FN3O4/c19-11-4-2-10(3-5-11)14-15-18(25)22-6-1-7-26-13(22)9-21(15)8-12(16(14)23)17(20)24/h2-5,8,13H,1,6-7,9H2,(H2,20,24). The molecule has 8 heteroatoms. The molecule has 1 unspecified atom stereocenters. The molecule has 1 atom stereocenters. The third-order valence-corrected chi connectivity index (χ3v) is 4.70. The van der Waals surface area contributed by atoms with Gasteiger partial charge in [0.1, 0.15) is 17.1 Å². The van der Waals surface area contributed by atoms with Crippen molar-refractivity contribution >= 4 is 11.8 Å². The van der Waals surface area contributed by atoms with Crippen molar-refractivity contribution in [1.82, 2.24) is 9.47 Å². The molecule has 1 aromatic heterocycles. The zero-order valence-electron chi connectivity index (χ0n) is 13.8. The fraction of sp³-hybridized carbons (Fsp3) is 0.278. The first-order valence-corrected chi connectivity index (χ1v) is 8.23. The summed E-state index contributed by atoms with van der Waals surface area (Å²) >= 11 is 0. The highest BCUT2D eigenvalue weighted by Crippen LogP contribution is 2.29. The summed E-state index contributed by atoms with van der Waals surface area (Å²) in [5, 5.41) is 0. The third kappa shape index (κ3) is 2.50. The zero-order valence-corrected chi connectivity index (χ0v) is 13.8. The Balaban J connectivity index is 1.99. The lowest BCUT2D eigenvalue weighted by Gasteiger charge is -2.40. The molecule has 0 saturated carbocycles. The Morgan fingerprint density at radius 1 is 1.23 bits per heavy atom. The Bertz CT molecular complexity index is 968. The summed E-state index contributed by atoms with van der Waals surface area (Å²) in [4.78, 5) is 39.2. The van der Waals surface area contributed by atoms with Gasteiger partial charge in [0.15, 0.2) is 6.23 Å². The minimum atomic E-state index is -0.881. The number of hydrogen-bond donors (Lipinski definition) is 1. The van der Waals surface area contributed by atoms with Gasteiger partial charge in [-0.05, 0) is 24.1 Å². The monoisotopic (exact) mass is 357 g/mol. The Morgan fingerprint density at radius 3 is 2.65 bits per heavy atom. The van der Waals surface area contributed by atoms with Gasteiger partial charge in [-0.25, -0.2) is 4.39 Å². The summed E-state index contributed by atoms with van der Waals surface area (Å²) in [7, 11) is 0. The number of nitrogens with zero attached hydrogens (tertiary/aromatic N) is 2. The average Bonchev–Trinajstić information content (AvgIpc) is 2.63. The number of carbonyl (C=O) groups is 2. The highest BCUT2D eigenvalue weighted by atomic mass is 19.1. The quantitative estimate of drug-likeness (QED) is 0.866. The molecule has 2 aliphatic heterocycles. The minimum absolute atomic E-state index is 0.0512. The van der Waals surface area contributed by atoms with Gasteiger partial charge in [-0.15, -0.1) is 0 Å². The normalized spacial score (nSPS) is 19.0. The maximum Gasteiger partial charge on any atom is 0.273 e. The van der Waals surface area contributed by atoms with Gasteiger partial charge in [0.05, 0.1) is 18.7 Å². The van der Waals surface area contributed by atoms with Crippen molar-refractivity contribution in [3.8, 4) is 11.1 Å². The molecule has 1 saturated heterocycles. The topological polar surface area (TPSA) is 94.6 Å². The summed E-state index contributed by atoms with van der Waals surface area (Å²) in [6.45, 7) is 1.35. The van der Waals surface area contributed by atoms with E-state index in [9.17, 15) is 18.8 Å². The largest absolute Gasteiger partial charge is 0.365 e. The first kappa shape index (κ1) is 16.5. The van der Waals surface area contributed by atoms with Gasteiger partial charge in [-0.1, -0.05) is 12.1 Å². The van der Waals surface area contributed by atoms with E-state index in [-0.39, 0.29) is 29.3 Å². The van der Waals surface area contributed by atoms with E-state index in [0.717, 1.165) is 0 Å². The molecular formula is C18H16FN3O4. The van der Waals surface area contributed by atoms with Gasteiger partial charge < -0.3 is 19.9 Å². The number of carbonyl (C=O) groups excluding carboxylic acids is 2. The van der Waals surface area contributed by atoms with Crippen LogP contribution in [0.25, 0.3) is 11.1 Å². The van der Waals surface area contributed by atoms with E-state index in [2.05, 4.69) is 0 Å². The number of amides is 2. The Labute approximate surface area is 147 Å². The molecule has 2 amide bonds. The summed E-state index contributed by atoms with van der Waals surface area (Å²) in [5.41, 5.74) is 5.06. The number of pyridine rings is 1. The number of fused-ring (bicyclic) bond motifs is 2. The fourth-order valence-corrected chi connectivity index (χ4v) is 3.47. The zero-order chi connectivity index (χ0) is 18.4. The van der Waals surface area contributed by atoms with Gasteiger partial charge in [-0.3, -0.25) is 14.4 Å². The molecule has 0 radical (unpaired) electrons. The van der Waals surface area contributed by atoms with E-state index in [1.165, 1.54) is 35.0 Å². The molecule has 0 aliphatic carbocycles. The van der Waals surface area contributed by atoms with Crippen LogP contribution >= 0.6 is 0 Å². The first-order valence-electron chi connectivity index (χ1n) is 8.23. The van der Waals surface area contributed by atoms with Crippen LogP contribution in [-0.4, -0.2) is 40.7 Å². The average molecular weight is 357 g/mol. The SMILES string of the molecule is NC(=O)c1cn2c(c(-c3ccc(F)cc3)c1=O)C(=O)N1CCCOC1C2. The van der Waals surface area contributed by atoms with E-state index in [1.807, 2.05) is 0 Å². The highest BCUT2D eigenvalue weighted by molar-refractivity contribution is 6.02. The molecule has 4 rings (SSSR count). The van der Waals surface area contributed by atoms with Gasteiger partial charge in [0, 0.05) is 12.7 Å². The summed E-state index contributed by atoms with van der Waals surface area (Å²) in [6, 6.07) is 5.21. The first-order chi connectivity index (χ1) is 12.5. The van der Waals surface area contributed by atoms with Crippen molar-refractivity contribution in [2.45, 2.75) is 19.2 Å². The highest BCUT2D eigenvalue weighted by Gasteiger charge is 2.37. The molecule has 2 aliphatic rings. The van der Waals surface area contributed by atoms with Crippen LogP contribution in [0.15, 0.2) is 35.3 Å². The van der Waals surface area contributed by atoms with E-state index < -0.39 is 23.4 Å². The van der Waals surface area contributed by atoms with Crippen LogP contribution in [-0.2, 0) is 11.3 Å². The number of ether oxygens (including phenoxy) is 1. The predicted molar refractivity (Wildman–Crippen MR) is 90.0 cm³/mol. The molecule has 134 valence electrons. The number of nitrogens with two attached hydrogens (primary N) is 1. The van der Waals surface area contributed by atoms with Crippen LogP contribution in [0.5, 0.6) is 0 Å². The summed E-state index contributed by atoms with van der Waals surface area (Å²) in [5.74, 6) is -1.70.